The maximum atomic E-state index is 8.41. The number of nitrogens with zero attached hydrogens (tertiary/aromatic N) is 1. The maximum Gasteiger partial charge on any atom is 0.0624 e. The molecule has 0 saturated carbocycles. The molecule has 0 amide bonds. The lowest BCUT2D eigenvalue weighted by Crippen LogP contribution is -2.10. The van der Waals surface area contributed by atoms with Gasteiger partial charge >= 0.3 is 0 Å². The normalized spacial score (nSPS) is 27.8. The molecule has 2 nitrogen and oxygen atoms in total. The van der Waals surface area contributed by atoms with Crippen molar-refractivity contribution in [2.75, 3.05) is 13.2 Å². The van der Waals surface area contributed by atoms with Gasteiger partial charge in [0, 0.05) is 19.6 Å². The Balaban J connectivity index is 2.26. The summed E-state index contributed by atoms with van der Waals surface area (Å²) in [6, 6.07) is 2.19. The lowest BCUT2D eigenvalue weighted by Gasteiger charge is -2.12. The van der Waals surface area contributed by atoms with Crippen LogP contribution in [0, 0.1) is 23.2 Å². The Bertz CT molecular complexity index is 133. The summed E-state index contributed by atoms with van der Waals surface area (Å²) in [5, 5.41) is 8.41. The fraction of sp³-hybridized carbons (Fsp3) is 0.875. The number of hydrogen-bond donors (Lipinski definition) is 0. The van der Waals surface area contributed by atoms with Crippen molar-refractivity contribution < 1.29 is 4.74 Å². The average Bonchev–Trinajstić information content (AvgIpc) is 2.38. The molecule has 1 aliphatic heterocycles. The van der Waals surface area contributed by atoms with Gasteiger partial charge in [-0.3, -0.25) is 0 Å². The van der Waals surface area contributed by atoms with Gasteiger partial charge in [0.05, 0.1) is 6.07 Å². The van der Waals surface area contributed by atoms with E-state index >= 15 is 0 Å². The molecule has 0 bridgehead atoms. The van der Waals surface area contributed by atoms with Crippen molar-refractivity contribution in [1.82, 2.24) is 0 Å². The molecule has 1 saturated heterocycles. The molecule has 2 unspecified atom stereocenters. The maximum absolute atomic E-state index is 8.41. The molecule has 0 aliphatic carbocycles. The third-order valence-electron chi connectivity index (χ3n) is 2.18. The smallest absolute Gasteiger partial charge is 0.0624 e. The van der Waals surface area contributed by atoms with Crippen LogP contribution in [0.5, 0.6) is 0 Å². The van der Waals surface area contributed by atoms with Gasteiger partial charge in [-0.1, -0.05) is 6.92 Å². The summed E-state index contributed by atoms with van der Waals surface area (Å²) in [5.74, 6) is 1.16. The van der Waals surface area contributed by atoms with Crippen molar-refractivity contribution in [2.24, 2.45) is 11.8 Å². The Hall–Kier alpha value is -0.550. The van der Waals surface area contributed by atoms with Crippen LogP contribution in [0.4, 0.5) is 0 Å². The summed E-state index contributed by atoms with van der Waals surface area (Å²) in [4.78, 5) is 0. The summed E-state index contributed by atoms with van der Waals surface area (Å²) < 4.78 is 5.22. The van der Waals surface area contributed by atoms with Crippen molar-refractivity contribution in [3.63, 3.8) is 0 Å². The molecule has 0 radical (unpaired) electrons. The third kappa shape index (κ3) is 1.71. The van der Waals surface area contributed by atoms with Gasteiger partial charge in [0.1, 0.15) is 0 Å². The predicted octanol–water partition coefficient (Wildman–Crippen LogP) is 1.57. The van der Waals surface area contributed by atoms with E-state index < -0.39 is 0 Å². The lowest BCUT2D eigenvalue weighted by molar-refractivity contribution is 0.175. The highest BCUT2D eigenvalue weighted by Gasteiger charge is 2.21. The molecule has 1 heterocycles. The average molecular weight is 139 g/mol. The van der Waals surface area contributed by atoms with Crippen LogP contribution in [0.15, 0.2) is 0 Å². The zero-order chi connectivity index (χ0) is 7.40. The van der Waals surface area contributed by atoms with Crippen LogP contribution in [0.1, 0.15) is 19.8 Å². The number of hydrogen-bond acceptors (Lipinski definition) is 2. The molecule has 0 aromatic carbocycles. The second kappa shape index (κ2) is 3.58. The lowest BCUT2D eigenvalue weighted by atomic mass is 9.91. The molecule has 2 heteroatoms. The Morgan fingerprint density at radius 3 is 3.10 bits per heavy atom. The highest BCUT2D eigenvalue weighted by molar-refractivity contribution is 4.79. The fourth-order valence-corrected chi connectivity index (χ4v) is 1.31. The second-order valence-electron chi connectivity index (χ2n) is 2.96. The number of nitriles is 1. The van der Waals surface area contributed by atoms with Crippen molar-refractivity contribution >= 4 is 0 Å². The van der Waals surface area contributed by atoms with E-state index in [0.717, 1.165) is 19.6 Å². The molecule has 0 aromatic rings. The molecule has 0 N–H and O–H groups in total. The summed E-state index contributed by atoms with van der Waals surface area (Å²) in [6.45, 7) is 3.88. The van der Waals surface area contributed by atoms with Gasteiger partial charge in [-0.2, -0.15) is 5.26 Å². The van der Waals surface area contributed by atoms with Gasteiger partial charge in [-0.05, 0) is 18.3 Å². The molecular formula is C8H13NO. The molecular weight excluding hydrogens is 126 g/mol. The van der Waals surface area contributed by atoms with Crippen molar-refractivity contribution in [3.8, 4) is 6.07 Å². The minimum atomic E-state index is 0.521. The molecule has 1 aliphatic rings. The quantitative estimate of drug-likeness (QED) is 0.581. The van der Waals surface area contributed by atoms with Gasteiger partial charge in [0.15, 0.2) is 0 Å². The minimum absolute atomic E-state index is 0.521. The number of rotatable bonds is 2. The Kier molecular flexibility index (Phi) is 2.70. The Morgan fingerprint density at radius 1 is 1.80 bits per heavy atom. The van der Waals surface area contributed by atoms with Gasteiger partial charge in [-0.25, -0.2) is 0 Å². The highest BCUT2D eigenvalue weighted by Crippen LogP contribution is 2.23. The number of ether oxygens (including phenoxy) is 1. The van der Waals surface area contributed by atoms with E-state index in [9.17, 15) is 0 Å². The standard InChI is InChI=1S/C8H13NO/c1-7(2-4-9)8-3-5-10-6-8/h7-8H,2-3,5-6H2,1H3. The summed E-state index contributed by atoms with van der Waals surface area (Å²) in [5.41, 5.74) is 0. The predicted molar refractivity (Wildman–Crippen MR) is 38.3 cm³/mol. The van der Waals surface area contributed by atoms with E-state index in [4.69, 9.17) is 10.00 Å². The first-order valence-corrected chi connectivity index (χ1v) is 3.79. The van der Waals surface area contributed by atoms with E-state index in [1.54, 1.807) is 0 Å². The van der Waals surface area contributed by atoms with Crippen molar-refractivity contribution in [1.29, 1.82) is 5.26 Å². The van der Waals surface area contributed by atoms with Crippen LogP contribution in [0.3, 0.4) is 0 Å². The molecule has 10 heavy (non-hydrogen) atoms. The molecule has 0 spiro atoms. The van der Waals surface area contributed by atoms with E-state index in [1.807, 2.05) is 0 Å². The van der Waals surface area contributed by atoms with Crippen LogP contribution in [-0.2, 0) is 4.74 Å². The van der Waals surface area contributed by atoms with Crippen LogP contribution >= 0.6 is 0 Å². The topological polar surface area (TPSA) is 33.0 Å². The Labute approximate surface area is 61.8 Å². The van der Waals surface area contributed by atoms with Crippen LogP contribution < -0.4 is 0 Å². The molecule has 0 aromatic heterocycles. The molecule has 56 valence electrons. The third-order valence-corrected chi connectivity index (χ3v) is 2.18. The van der Waals surface area contributed by atoms with Crippen LogP contribution in [0.2, 0.25) is 0 Å². The first-order chi connectivity index (χ1) is 4.84. The van der Waals surface area contributed by atoms with E-state index in [1.165, 1.54) is 0 Å². The summed E-state index contributed by atoms with van der Waals surface area (Å²) in [6.07, 6.45) is 1.82. The minimum Gasteiger partial charge on any atom is -0.381 e. The van der Waals surface area contributed by atoms with Crippen molar-refractivity contribution in [3.05, 3.63) is 0 Å². The van der Waals surface area contributed by atoms with Crippen molar-refractivity contribution in [2.45, 2.75) is 19.8 Å². The van der Waals surface area contributed by atoms with Gasteiger partial charge in [0.25, 0.3) is 0 Å². The molecule has 1 rings (SSSR count). The zero-order valence-electron chi connectivity index (χ0n) is 6.34. The van der Waals surface area contributed by atoms with Gasteiger partial charge < -0.3 is 4.74 Å². The molecule has 2 atom stereocenters. The largest absolute Gasteiger partial charge is 0.381 e. The monoisotopic (exact) mass is 139 g/mol. The van der Waals surface area contributed by atoms with Gasteiger partial charge in [0.2, 0.25) is 0 Å². The van der Waals surface area contributed by atoms with Crippen LogP contribution in [-0.4, -0.2) is 13.2 Å². The zero-order valence-corrected chi connectivity index (χ0v) is 6.34. The van der Waals surface area contributed by atoms with E-state index in [2.05, 4.69) is 13.0 Å². The van der Waals surface area contributed by atoms with E-state index in [0.29, 0.717) is 18.3 Å². The SMILES string of the molecule is CC(CC#N)C1CCOC1. The molecule has 1 fully saturated rings. The summed E-state index contributed by atoms with van der Waals surface area (Å²) >= 11 is 0. The second-order valence-corrected chi connectivity index (χ2v) is 2.96. The highest BCUT2D eigenvalue weighted by atomic mass is 16.5. The summed E-state index contributed by atoms with van der Waals surface area (Å²) in [7, 11) is 0. The van der Waals surface area contributed by atoms with Crippen LogP contribution in [0.25, 0.3) is 0 Å². The van der Waals surface area contributed by atoms with Gasteiger partial charge in [-0.15, -0.1) is 0 Å². The van der Waals surface area contributed by atoms with E-state index in [-0.39, 0.29) is 0 Å². The first-order valence-electron chi connectivity index (χ1n) is 3.79. The fourth-order valence-electron chi connectivity index (χ4n) is 1.31. The first kappa shape index (κ1) is 7.56. The Morgan fingerprint density at radius 2 is 2.60 bits per heavy atom.